The summed E-state index contributed by atoms with van der Waals surface area (Å²) in [6, 6.07) is 3.47. The van der Waals surface area contributed by atoms with Crippen molar-refractivity contribution in [3.8, 4) is 0 Å². The average molecular weight is 259 g/mol. The first kappa shape index (κ1) is 12.5. The number of nitrogens with zero attached hydrogens (tertiary/aromatic N) is 2. The highest BCUT2D eigenvalue weighted by molar-refractivity contribution is 5.92. The van der Waals surface area contributed by atoms with E-state index in [-0.39, 0.29) is 5.91 Å². The number of likely N-dealkylation sites (tertiary alicyclic amines) is 1. The van der Waals surface area contributed by atoms with Gasteiger partial charge >= 0.3 is 0 Å². The molecule has 1 saturated carbocycles. The zero-order valence-electron chi connectivity index (χ0n) is 11.2. The van der Waals surface area contributed by atoms with Crippen LogP contribution in [0, 0.1) is 11.8 Å². The Bertz CT molecular complexity index is 457. The molecule has 4 heteroatoms. The van der Waals surface area contributed by atoms with E-state index in [1.54, 1.807) is 18.3 Å². The molecule has 1 amide bonds. The van der Waals surface area contributed by atoms with Gasteiger partial charge < -0.3 is 10.6 Å². The summed E-state index contributed by atoms with van der Waals surface area (Å²) in [6.45, 7) is 1.79. The third-order valence-electron chi connectivity index (χ3n) is 4.58. The normalized spacial score (nSPS) is 26.8. The van der Waals surface area contributed by atoms with Crippen LogP contribution in [0.15, 0.2) is 18.3 Å². The first-order valence-corrected chi connectivity index (χ1v) is 7.25. The number of amides is 1. The van der Waals surface area contributed by atoms with Gasteiger partial charge in [-0.3, -0.25) is 4.79 Å². The van der Waals surface area contributed by atoms with Gasteiger partial charge in [0.25, 0.3) is 5.91 Å². The van der Waals surface area contributed by atoms with Crippen LogP contribution in [-0.4, -0.2) is 28.9 Å². The maximum atomic E-state index is 12.4. The van der Waals surface area contributed by atoms with Crippen molar-refractivity contribution in [2.24, 2.45) is 11.8 Å². The van der Waals surface area contributed by atoms with Crippen molar-refractivity contribution < 1.29 is 4.79 Å². The molecule has 0 aromatic carbocycles. The smallest absolute Gasteiger partial charge is 0.272 e. The van der Waals surface area contributed by atoms with E-state index in [1.165, 1.54) is 25.7 Å². The molecule has 1 aliphatic carbocycles. The van der Waals surface area contributed by atoms with Gasteiger partial charge in [-0.05, 0) is 36.8 Å². The highest BCUT2D eigenvalue weighted by atomic mass is 16.2. The minimum absolute atomic E-state index is 0.0593. The van der Waals surface area contributed by atoms with Crippen molar-refractivity contribution in [1.29, 1.82) is 0 Å². The van der Waals surface area contributed by atoms with Gasteiger partial charge in [0, 0.05) is 13.1 Å². The number of carbonyl (C=O) groups is 1. The fraction of sp³-hybridized carbons (Fsp3) is 0.600. The van der Waals surface area contributed by atoms with Crippen LogP contribution in [0.2, 0.25) is 0 Å². The molecule has 1 saturated heterocycles. The lowest BCUT2D eigenvalue weighted by Crippen LogP contribution is -2.45. The standard InChI is InChI=1S/C15H21N3O/c16-13-5-6-14(17-9-13)15(19)18-8-7-11-3-1-2-4-12(11)10-18/h5-6,9,11-12H,1-4,7-8,10,16H2. The van der Waals surface area contributed by atoms with Crippen molar-refractivity contribution in [2.75, 3.05) is 18.8 Å². The van der Waals surface area contributed by atoms with Crippen LogP contribution in [0.3, 0.4) is 0 Å². The molecule has 1 aromatic heterocycles. The second-order valence-corrected chi connectivity index (χ2v) is 5.82. The molecule has 3 rings (SSSR count). The molecule has 2 N–H and O–H groups in total. The van der Waals surface area contributed by atoms with Gasteiger partial charge in [0.05, 0.1) is 11.9 Å². The fourth-order valence-corrected chi connectivity index (χ4v) is 3.48. The van der Waals surface area contributed by atoms with Crippen molar-refractivity contribution in [1.82, 2.24) is 9.88 Å². The largest absolute Gasteiger partial charge is 0.397 e. The third kappa shape index (κ3) is 2.57. The van der Waals surface area contributed by atoms with Crippen LogP contribution < -0.4 is 5.73 Å². The van der Waals surface area contributed by atoms with Crippen molar-refractivity contribution in [3.63, 3.8) is 0 Å². The van der Waals surface area contributed by atoms with E-state index in [4.69, 9.17) is 5.73 Å². The van der Waals surface area contributed by atoms with E-state index in [9.17, 15) is 4.79 Å². The maximum Gasteiger partial charge on any atom is 0.272 e. The Balaban J connectivity index is 1.69. The number of nitrogens with two attached hydrogens (primary N) is 1. The predicted octanol–water partition coefficient (Wildman–Crippen LogP) is 2.32. The minimum atomic E-state index is 0.0593. The summed E-state index contributed by atoms with van der Waals surface area (Å²) in [5, 5.41) is 0. The molecule has 0 bridgehead atoms. The molecule has 4 nitrogen and oxygen atoms in total. The number of pyridine rings is 1. The SMILES string of the molecule is Nc1ccc(C(=O)N2CCC3CCCCC3C2)nc1. The Kier molecular flexibility index (Phi) is 3.40. The number of hydrogen-bond donors (Lipinski definition) is 1. The van der Waals surface area contributed by atoms with Crippen LogP contribution in [0.4, 0.5) is 5.69 Å². The second kappa shape index (κ2) is 5.19. The first-order valence-electron chi connectivity index (χ1n) is 7.25. The molecule has 2 fully saturated rings. The van der Waals surface area contributed by atoms with Crippen LogP contribution in [0.25, 0.3) is 0 Å². The van der Waals surface area contributed by atoms with Gasteiger partial charge in [0.1, 0.15) is 5.69 Å². The number of piperidine rings is 1. The number of rotatable bonds is 1. The van der Waals surface area contributed by atoms with E-state index in [2.05, 4.69) is 4.98 Å². The highest BCUT2D eigenvalue weighted by Gasteiger charge is 2.33. The molecule has 2 aliphatic rings. The van der Waals surface area contributed by atoms with Gasteiger partial charge in [-0.2, -0.15) is 0 Å². The summed E-state index contributed by atoms with van der Waals surface area (Å²) < 4.78 is 0. The maximum absolute atomic E-state index is 12.4. The Morgan fingerprint density at radius 3 is 2.74 bits per heavy atom. The van der Waals surface area contributed by atoms with Crippen LogP contribution in [-0.2, 0) is 0 Å². The number of fused-ring (bicyclic) bond motifs is 1. The lowest BCUT2D eigenvalue weighted by Gasteiger charge is -2.41. The van der Waals surface area contributed by atoms with Gasteiger partial charge in [0.2, 0.25) is 0 Å². The van der Waals surface area contributed by atoms with Crippen LogP contribution >= 0.6 is 0 Å². The van der Waals surface area contributed by atoms with Crippen LogP contribution in [0.1, 0.15) is 42.6 Å². The van der Waals surface area contributed by atoms with Crippen molar-refractivity contribution in [3.05, 3.63) is 24.0 Å². The summed E-state index contributed by atoms with van der Waals surface area (Å²) in [6.07, 6.45) is 8.04. The Morgan fingerprint density at radius 2 is 2.00 bits per heavy atom. The average Bonchev–Trinajstić information content (AvgIpc) is 2.47. The zero-order valence-corrected chi connectivity index (χ0v) is 11.2. The topological polar surface area (TPSA) is 59.2 Å². The number of carbonyl (C=O) groups excluding carboxylic acids is 1. The van der Waals surface area contributed by atoms with E-state index < -0.39 is 0 Å². The molecule has 2 heterocycles. The minimum Gasteiger partial charge on any atom is -0.397 e. The number of aromatic nitrogens is 1. The predicted molar refractivity (Wildman–Crippen MR) is 74.6 cm³/mol. The summed E-state index contributed by atoms with van der Waals surface area (Å²) in [4.78, 5) is 18.5. The summed E-state index contributed by atoms with van der Waals surface area (Å²) in [7, 11) is 0. The highest BCUT2D eigenvalue weighted by Crippen LogP contribution is 2.36. The van der Waals surface area contributed by atoms with Crippen molar-refractivity contribution >= 4 is 11.6 Å². The Labute approximate surface area is 114 Å². The molecule has 1 aromatic rings. The molecule has 0 radical (unpaired) electrons. The van der Waals surface area contributed by atoms with E-state index in [0.29, 0.717) is 17.3 Å². The Hall–Kier alpha value is -1.58. The van der Waals surface area contributed by atoms with Gasteiger partial charge in [-0.25, -0.2) is 4.98 Å². The molecule has 2 unspecified atom stereocenters. The summed E-state index contributed by atoms with van der Waals surface area (Å²) in [5.41, 5.74) is 6.72. The van der Waals surface area contributed by atoms with Crippen LogP contribution in [0.5, 0.6) is 0 Å². The molecule has 102 valence electrons. The number of nitrogen functional groups attached to an aromatic ring is 1. The van der Waals surface area contributed by atoms with E-state index >= 15 is 0 Å². The quantitative estimate of drug-likeness (QED) is 0.842. The first-order chi connectivity index (χ1) is 9.24. The molecule has 2 atom stereocenters. The Morgan fingerprint density at radius 1 is 1.21 bits per heavy atom. The second-order valence-electron chi connectivity index (χ2n) is 5.82. The monoisotopic (exact) mass is 259 g/mol. The molecule has 19 heavy (non-hydrogen) atoms. The fourth-order valence-electron chi connectivity index (χ4n) is 3.48. The molecule has 0 spiro atoms. The van der Waals surface area contributed by atoms with Gasteiger partial charge in [-0.1, -0.05) is 19.3 Å². The molecule has 1 aliphatic heterocycles. The third-order valence-corrected chi connectivity index (χ3v) is 4.58. The van der Waals surface area contributed by atoms with Crippen molar-refractivity contribution in [2.45, 2.75) is 32.1 Å². The van der Waals surface area contributed by atoms with E-state index in [0.717, 1.165) is 25.4 Å². The number of anilines is 1. The summed E-state index contributed by atoms with van der Waals surface area (Å²) >= 11 is 0. The summed E-state index contributed by atoms with van der Waals surface area (Å²) in [5.74, 6) is 1.61. The van der Waals surface area contributed by atoms with E-state index in [1.807, 2.05) is 4.90 Å². The van der Waals surface area contributed by atoms with Gasteiger partial charge in [0.15, 0.2) is 0 Å². The molecular weight excluding hydrogens is 238 g/mol. The zero-order chi connectivity index (χ0) is 13.2. The molecular formula is C15H21N3O. The van der Waals surface area contributed by atoms with Gasteiger partial charge in [-0.15, -0.1) is 0 Å². The lowest BCUT2D eigenvalue weighted by atomic mass is 9.75. The number of hydrogen-bond acceptors (Lipinski definition) is 3. The lowest BCUT2D eigenvalue weighted by molar-refractivity contribution is 0.0515.